The van der Waals surface area contributed by atoms with Crippen LogP contribution in [0.25, 0.3) is 0 Å². The summed E-state index contributed by atoms with van der Waals surface area (Å²) in [7, 11) is 0. The van der Waals surface area contributed by atoms with Gasteiger partial charge in [0.05, 0.1) is 5.56 Å². The average molecular weight is 383 g/mol. The van der Waals surface area contributed by atoms with E-state index < -0.39 is 0 Å². The first kappa shape index (κ1) is 18.1. The third-order valence-corrected chi connectivity index (χ3v) is 5.33. The first-order valence-electron chi connectivity index (χ1n) is 7.98. The summed E-state index contributed by atoms with van der Waals surface area (Å²) < 4.78 is 0. The van der Waals surface area contributed by atoms with Gasteiger partial charge in [0.2, 0.25) is 0 Å². The number of anilines is 3. The third kappa shape index (κ3) is 3.93. The summed E-state index contributed by atoms with van der Waals surface area (Å²) in [5, 5.41) is 20.7. The van der Waals surface area contributed by atoms with Crippen molar-refractivity contribution in [3.8, 4) is 6.07 Å². The van der Waals surface area contributed by atoms with Gasteiger partial charge in [-0.25, -0.2) is 4.98 Å². The Morgan fingerprint density at radius 3 is 2.73 bits per heavy atom. The second-order valence-corrected chi connectivity index (χ2v) is 8.49. The smallest absolute Gasteiger partial charge is 0.256 e. The van der Waals surface area contributed by atoms with Crippen molar-refractivity contribution in [3.63, 3.8) is 0 Å². The van der Waals surface area contributed by atoms with Gasteiger partial charge in [-0.05, 0) is 34.6 Å². The summed E-state index contributed by atoms with van der Waals surface area (Å²) in [5.41, 5.74) is 2.63. The number of amides is 1. The number of hydrogen-bond acceptors (Lipinski definition) is 6. The Kier molecular flexibility index (Phi) is 5.07. The van der Waals surface area contributed by atoms with Crippen molar-refractivity contribution >= 4 is 44.4 Å². The molecule has 0 aliphatic heterocycles. The number of rotatable bonds is 4. The molecule has 3 aromatic rings. The quantitative estimate of drug-likeness (QED) is 0.636. The Morgan fingerprint density at radius 1 is 1.27 bits per heavy atom. The van der Waals surface area contributed by atoms with Crippen LogP contribution in [0.3, 0.4) is 0 Å². The van der Waals surface area contributed by atoms with Crippen LogP contribution in [0.5, 0.6) is 0 Å². The minimum absolute atomic E-state index is 0.151. The number of nitrogens with zero attached hydrogens (tertiary/aromatic N) is 2. The fraction of sp³-hybridized carbons (Fsp3) is 0.211. The molecule has 0 saturated carbocycles. The normalized spacial score (nSPS) is 11.0. The topological polar surface area (TPSA) is 77.8 Å². The van der Waals surface area contributed by atoms with E-state index in [-0.39, 0.29) is 11.3 Å². The van der Waals surface area contributed by atoms with Gasteiger partial charge in [0.15, 0.2) is 5.13 Å². The van der Waals surface area contributed by atoms with E-state index in [0.29, 0.717) is 16.1 Å². The van der Waals surface area contributed by atoms with Crippen molar-refractivity contribution in [1.29, 1.82) is 5.26 Å². The number of hydrogen-bond donors (Lipinski definition) is 2. The summed E-state index contributed by atoms with van der Waals surface area (Å²) in [4.78, 5) is 16.8. The molecule has 132 valence electrons. The molecule has 1 amide bonds. The van der Waals surface area contributed by atoms with Gasteiger partial charge in [-0.1, -0.05) is 26.8 Å². The van der Waals surface area contributed by atoms with Crippen molar-refractivity contribution in [3.05, 3.63) is 57.9 Å². The monoisotopic (exact) mass is 382 g/mol. The number of nitrogens with one attached hydrogen (secondary N) is 2. The van der Waals surface area contributed by atoms with Crippen LogP contribution in [0, 0.1) is 11.3 Å². The van der Waals surface area contributed by atoms with E-state index in [9.17, 15) is 10.1 Å². The first-order valence-corrected chi connectivity index (χ1v) is 9.74. The van der Waals surface area contributed by atoms with Gasteiger partial charge in [-0.15, -0.1) is 22.7 Å². The minimum atomic E-state index is -0.244. The Labute approximate surface area is 160 Å². The van der Waals surface area contributed by atoms with E-state index in [1.165, 1.54) is 22.7 Å². The molecule has 1 aromatic carbocycles. The van der Waals surface area contributed by atoms with Crippen LogP contribution >= 0.6 is 22.7 Å². The first-order chi connectivity index (χ1) is 12.4. The molecular weight excluding hydrogens is 364 g/mol. The Bertz CT molecular complexity index is 962. The van der Waals surface area contributed by atoms with Gasteiger partial charge in [0.1, 0.15) is 11.1 Å². The van der Waals surface area contributed by atoms with Crippen molar-refractivity contribution < 1.29 is 4.79 Å². The number of aromatic nitrogens is 1. The standard InChI is InChI=1S/C19H18N4OS2/c1-19(2,3)15-11-26-17(14(15)10-20)23-16(24)12-5-4-6-13(9-12)22-18-21-7-8-25-18/h4-9,11H,1-3H3,(H,21,22)(H,23,24). The van der Waals surface area contributed by atoms with E-state index in [1.807, 2.05) is 22.9 Å². The molecule has 0 aliphatic carbocycles. The van der Waals surface area contributed by atoms with Gasteiger partial charge in [-0.3, -0.25) is 4.79 Å². The number of thiazole rings is 1. The molecule has 0 fully saturated rings. The molecule has 2 aromatic heterocycles. The lowest BCUT2D eigenvalue weighted by Gasteiger charge is -2.17. The van der Waals surface area contributed by atoms with Crippen LogP contribution in [0.4, 0.5) is 15.8 Å². The predicted molar refractivity (Wildman–Crippen MR) is 108 cm³/mol. The van der Waals surface area contributed by atoms with Crippen molar-refractivity contribution in [2.45, 2.75) is 26.2 Å². The minimum Gasteiger partial charge on any atom is -0.332 e. The van der Waals surface area contributed by atoms with Gasteiger partial charge >= 0.3 is 0 Å². The second-order valence-electron chi connectivity index (χ2n) is 6.71. The molecule has 0 spiro atoms. The highest BCUT2D eigenvalue weighted by molar-refractivity contribution is 7.14. The fourth-order valence-corrected chi connectivity index (χ4v) is 4.12. The Hall–Kier alpha value is -2.69. The molecule has 7 heteroatoms. The summed E-state index contributed by atoms with van der Waals surface area (Å²) in [6, 6.07) is 9.42. The maximum atomic E-state index is 12.6. The van der Waals surface area contributed by atoms with Gasteiger partial charge < -0.3 is 10.6 Å². The van der Waals surface area contributed by atoms with Crippen molar-refractivity contribution in [2.75, 3.05) is 10.6 Å². The lowest BCUT2D eigenvalue weighted by Crippen LogP contribution is -2.14. The highest BCUT2D eigenvalue weighted by Crippen LogP contribution is 2.35. The molecule has 0 aliphatic rings. The largest absolute Gasteiger partial charge is 0.332 e. The zero-order chi connectivity index (χ0) is 18.7. The zero-order valence-electron chi connectivity index (χ0n) is 14.7. The molecule has 0 unspecified atom stereocenters. The van der Waals surface area contributed by atoms with Crippen LogP contribution in [0.15, 0.2) is 41.2 Å². The maximum absolute atomic E-state index is 12.6. The van der Waals surface area contributed by atoms with Gasteiger partial charge in [0, 0.05) is 22.8 Å². The second kappa shape index (κ2) is 7.28. The average Bonchev–Trinajstić information content (AvgIpc) is 3.24. The highest BCUT2D eigenvalue weighted by Gasteiger charge is 2.23. The summed E-state index contributed by atoms with van der Waals surface area (Å²) in [6.45, 7) is 6.15. The lowest BCUT2D eigenvalue weighted by atomic mass is 9.86. The molecule has 0 bridgehead atoms. The van der Waals surface area contributed by atoms with Crippen LogP contribution in [0.2, 0.25) is 0 Å². The zero-order valence-corrected chi connectivity index (χ0v) is 16.3. The molecule has 0 saturated heterocycles. The van der Waals surface area contributed by atoms with Crippen molar-refractivity contribution in [1.82, 2.24) is 4.98 Å². The van der Waals surface area contributed by atoms with E-state index in [4.69, 9.17) is 0 Å². The molecule has 26 heavy (non-hydrogen) atoms. The van der Waals surface area contributed by atoms with Gasteiger partial charge in [-0.2, -0.15) is 5.26 Å². The molecule has 3 rings (SSSR count). The predicted octanol–water partition coefficient (Wildman–Crippen LogP) is 5.37. The van der Waals surface area contributed by atoms with Crippen LogP contribution in [0.1, 0.15) is 42.3 Å². The molecule has 5 nitrogen and oxygen atoms in total. The third-order valence-electron chi connectivity index (χ3n) is 3.75. The number of thiophene rings is 1. The lowest BCUT2D eigenvalue weighted by molar-refractivity contribution is 0.102. The number of carbonyl (C=O) groups excluding carboxylic acids is 1. The Balaban J connectivity index is 1.81. The maximum Gasteiger partial charge on any atom is 0.256 e. The molecule has 2 heterocycles. The molecular formula is C19H18N4OS2. The van der Waals surface area contributed by atoms with E-state index in [2.05, 4.69) is 42.5 Å². The Morgan fingerprint density at radius 2 is 2.08 bits per heavy atom. The summed E-state index contributed by atoms with van der Waals surface area (Å²) in [6.07, 6.45) is 1.72. The number of nitriles is 1. The molecule has 0 radical (unpaired) electrons. The van der Waals surface area contributed by atoms with Crippen LogP contribution in [-0.4, -0.2) is 10.9 Å². The highest BCUT2D eigenvalue weighted by atomic mass is 32.1. The number of carbonyl (C=O) groups is 1. The molecule has 0 atom stereocenters. The molecule has 2 N–H and O–H groups in total. The fourth-order valence-electron chi connectivity index (χ4n) is 2.43. The van der Waals surface area contributed by atoms with E-state index in [1.54, 1.807) is 18.3 Å². The van der Waals surface area contributed by atoms with Crippen LogP contribution < -0.4 is 10.6 Å². The summed E-state index contributed by atoms with van der Waals surface area (Å²) in [5.74, 6) is -0.244. The van der Waals surface area contributed by atoms with E-state index in [0.717, 1.165) is 16.4 Å². The SMILES string of the molecule is CC(C)(C)c1csc(NC(=O)c2cccc(Nc3nccs3)c2)c1C#N. The van der Waals surface area contributed by atoms with Crippen LogP contribution in [-0.2, 0) is 5.41 Å². The number of benzene rings is 1. The van der Waals surface area contributed by atoms with Gasteiger partial charge in [0.25, 0.3) is 5.91 Å². The van der Waals surface area contributed by atoms with Crippen molar-refractivity contribution in [2.24, 2.45) is 0 Å². The summed E-state index contributed by atoms with van der Waals surface area (Å²) >= 11 is 2.87. The van der Waals surface area contributed by atoms with E-state index >= 15 is 0 Å².